The van der Waals surface area contributed by atoms with Crippen LogP contribution in [-0.2, 0) is 11.2 Å². The van der Waals surface area contributed by atoms with Crippen LogP contribution in [0.5, 0.6) is 0 Å². The van der Waals surface area contributed by atoms with E-state index in [2.05, 4.69) is 43.0 Å². The molecule has 0 saturated carbocycles. The highest BCUT2D eigenvalue weighted by Crippen LogP contribution is 2.28. The summed E-state index contributed by atoms with van der Waals surface area (Å²) >= 11 is 0. The van der Waals surface area contributed by atoms with Gasteiger partial charge in [-0.25, -0.2) is 9.59 Å². The molecule has 2 saturated heterocycles. The van der Waals surface area contributed by atoms with Crippen LogP contribution in [0.2, 0.25) is 0 Å². The number of carbonyl (C=O) groups excluding carboxylic acids is 4. The molecular weight excluding hydrogens is 731 g/mol. The average Bonchev–Trinajstić information content (AvgIpc) is 3.68. The Hall–Kier alpha value is -6.19. The van der Waals surface area contributed by atoms with Gasteiger partial charge in [-0.1, -0.05) is 42.5 Å². The minimum atomic E-state index is -0.613. The van der Waals surface area contributed by atoms with Crippen molar-refractivity contribution < 1.29 is 23.9 Å². The quantitative estimate of drug-likeness (QED) is 0.128. The first-order valence-corrected chi connectivity index (χ1v) is 20.1. The maximum absolute atomic E-state index is 13.7. The molecule has 2 aliphatic heterocycles. The third-order valence-electron chi connectivity index (χ3n) is 9.97. The largest absolute Gasteiger partial charge is 0.444 e. The van der Waals surface area contributed by atoms with E-state index in [4.69, 9.17) is 4.74 Å². The van der Waals surface area contributed by atoms with Crippen LogP contribution >= 0.6 is 0 Å². The zero-order valence-electron chi connectivity index (χ0n) is 33.6. The standard InChI is InChI=1S/C46H53N7O5/c1-46(2,3)58-45(57)51-40-21-27-53(32-40)43(55)38-11-7-10-36(29-38)41-19-18-39(50-44(56)49-23-20-34-9-8-22-47-31-34)30-37(41)17-14-33-12-15-35(16-13-33)42(54)48-24-28-52-25-5-4-6-26-52/h7-13,15-16,18-19,22,29-31,40H,4-6,20-21,23-28,32H2,1-3H3,(H,48,54)(H,51,57)(H2,49,50,56). The van der Waals surface area contributed by atoms with Crippen molar-refractivity contribution in [3.05, 3.63) is 119 Å². The number of urea groups is 1. The summed E-state index contributed by atoms with van der Waals surface area (Å²) < 4.78 is 5.40. The second-order valence-corrected chi connectivity index (χ2v) is 15.7. The highest BCUT2D eigenvalue weighted by molar-refractivity contribution is 5.96. The number of anilines is 1. The third-order valence-corrected chi connectivity index (χ3v) is 9.97. The first kappa shape index (κ1) is 41.4. The third kappa shape index (κ3) is 12.4. The van der Waals surface area contributed by atoms with Gasteiger partial charge in [-0.3, -0.25) is 14.6 Å². The van der Waals surface area contributed by atoms with Crippen molar-refractivity contribution in [3.8, 4) is 23.0 Å². The number of carbonyl (C=O) groups is 4. The topological polar surface area (TPSA) is 145 Å². The Morgan fingerprint density at radius 3 is 2.41 bits per heavy atom. The van der Waals surface area contributed by atoms with E-state index in [1.165, 1.54) is 19.3 Å². The van der Waals surface area contributed by atoms with Gasteiger partial charge in [-0.15, -0.1) is 0 Å². The summed E-state index contributed by atoms with van der Waals surface area (Å²) in [5.74, 6) is 6.26. The van der Waals surface area contributed by atoms with E-state index in [-0.39, 0.29) is 23.9 Å². The van der Waals surface area contributed by atoms with Crippen molar-refractivity contribution in [1.29, 1.82) is 0 Å². The number of benzene rings is 3. The van der Waals surface area contributed by atoms with Crippen LogP contribution in [0.4, 0.5) is 15.3 Å². The maximum Gasteiger partial charge on any atom is 0.407 e. The molecule has 4 aromatic rings. The lowest BCUT2D eigenvalue weighted by atomic mass is 9.97. The number of pyridine rings is 1. The highest BCUT2D eigenvalue weighted by atomic mass is 16.6. The van der Waals surface area contributed by atoms with E-state index in [9.17, 15) is 19.2 Å². The van der Waals surface area contributed by atoms with Crippen LogP contribution in [-0.4, -0.2) is 96.2 Å². The summed E-state index contributed by atoms with van der Waals surface area (Å²) in [6.07, 6.45) is 7.96. The predicted molar refractivity (Wildman–Crippen MR) is 226 cm³/mol. The molecule has 58 heavy (non-hydrogen) atoms. The lowest BCUT2D eigenvalue weighted by molar-refractivity contribution is 0.0502. The monoisotopic (exact) mass is 783 g/mol. The number of hydrogen-bond donors (Lipinski definition) is 4. The van der Waals surface area contributed by atoms with Gasteiger partial charge < -0.3 is 35.8 Å². The van der Waals surface area contributed by atoms with Crippen molar-refractivity contribution in [3.63, 3.8) is 0 Å². The molecule has 1 atom stereocenters. The Morgan fingerprint density at radius 2 is 1.66 bits per heavy atom. The van der Waals surface area contributed by atoms with E-state index >= 15 is 0 Å². The molecule has 0 aliphatic carbocycles. The van der Waals surface area contributed by atoms with Gasteiger partial charge in [0, 0.05) is 73.1 Å². The molecule has 302 valence electrons. The van der Waals surface area contributed by atoms with Crippen molar-refractivity contribution in [2.45, 2.75) is 64.5 Å². The molecule has 2 fully saturated rings. The Morgan fingerprint density at radius 1 is 0.845 bits per heavy atom. The fourth-order valence-electron chi connectivity index (χ4n) is 7.01. The molecule has 12 heteroatoms. The normalized spacial score (nSPS) is 15.4. The van der Waals surface area contributed by atoms with Crippen molar-refractivity contribution in [2.75, 3.05) is 51.1 Å². The van der Waals surface area contributed by atoms with Crippen LogP contribution in [0.15, 0.2) is 91.3 Å². The maximum atomic E-state index is 13.7. The first-order valence-electron chi connectivity index (χ1n) is 20.1. The highest BCUT2D eigenvalue weighted by Gasteiger charge is 2.29. The smallest absolute Gasteiger partial charge is 0.407 e. The van der Waals surface area contributed by atoms with Gasteiger partial charge in [0.2, 0.25) is 0 Å². The number of piperidine rings is 1. The molecule has 12 nitrogen and oxygen atoms in total. The Balaban J connectivity index is 1.16. The number of ether oxygens (including phenoxy) is 1. The second kappa shape index (κ2) is 19.8. The summed E-state index contributed by atoms with van der Waals surface area (Å²) in [7, 11) is 0. The number of nitrogens with one attached hydrogen (secondary N) is 4. The molecular formula is C46H53N7O5. The molecule has 5 amide bonds. The average molecular weight is 784 g/mol. The second-order valence-electron chi connectivity index (χ2n) is 15.7. The Kier molecular flexibility index (Phi) is 14.1. The molecule has 1 aromatic heterocycles. The van der Waals surface area contributed by atoms with Gasteiger partial charge in [0.15, 0.2) is 0 Å². The zero-order chi connectivity index (χ0) is 40.9. The van der Waals surface area contributed by atoms with Crippen LogP contribution in [0.25, 0.3) is 11.1 Å². The minimum absolute atomic E-state index is 0.116. The summed E-state index contributed by atoms with van der Waals surface area (Å²) in [5.41, 5.74) is 4.95. The molecule has 0 radical (unpaired) electrons. The van der Waals surface area contributed by atoms with E-state index in [1.54, 1.807) is 35.5 Å². The van der Waals surface area contributed by atoms with Gasteiger partial charge in [-0.05, 0) is 131 Å². The molecule has 3 heterocycles. The van der Waals surface area contributed by atoms with Gasteiger partial charge in [0.05, 0.1) is 6.04 Å². The van der Waals surface area contributed by atoms with Crippen LogP contribution in [0.1, 0.15) is 83.9 Å². The first-order chi connectivity index (χ1) is 28.0. The zero-order valence-corrected chi connectivity index (χ0v) is 33.6. The van der Waals surface area contributed by atoms with Crippen LogP contribution in [0.3, 0.4) is 0 Å². The van der Waals surface area contributed by atoms with E-state index < -0.39 is 11.7 Å². The molecule has 0 bridgehead atoms. The number of alkyl carbamates (subject to hydrolysis) is 1. The van der Waals surface area contributed by atoms with Gasteiger partial charge in [-0.2, -0.15) is 0 Å². The van der Waals surface area contributed by atoms with Crippen LogP contribution < -0.4 is 21.3 Å². The number of hydrogen-bond acceptors (Lipinski definition) is 7. The lowest BCUT2D eigenvalue weighted by Crippen LogP contribution is -2.41. The van der Waals surface area contributed by atoms with E-state index in [0.29, 0.717) is 61.4 Å². The van der Waals surface area contributed by atoms with Crippen molar-refractivity contribution in [1.82, 2.24) is 30.7 Å². The van der Waals surface area contributed by atoms with Crippen molar-refractivity contribution in [2.24, 2.45) is 0 Å². The van der Waals surface area contributed by atoms with Gasteiger partial charge >= 0.3 is 12.1 Å². The Bertz CT molecular complexity index is 2120. The molecule has 2 aliphatic rings. The molecule has 0 spiro atoms. The number of likely N-dealkylation sites (tertiary alicyclic amines) is 2. The summed E-state index contributed by atoms with van der Waals surface area (Å²) in [5, 5.41) is 11.7. The van der Waals surface area contributed by atoms with E-state index in [0.717, 1.165) is 41.9 Å². The van der Waals surface area contributed by atoms with E-state index in [1.807, 2.05) is 81.4 Å². The number of amides is 5. The summed E-state index contributed by atoms with van der Waals surface area (Å²) in [6, 6.07) is 23.4. The van der Waals surface area contributed by atoms with Crippen molar-refractivity contribution >= 4 is 29.6 Å². The molecule has 1 unspecified atom stereocenters. The van der Waals surface area contributed by atoms with Crippen LogP contribution in [0, 0.1) is 11.8 Å². The van der Waals surface area contributed by atoms with Gasteiger partial charge in [0.25, 0.3) is 11.8 Å². The van der Waals surface area contributed by atoms with Gasteiger partial charge in [0.1, 0.15) is 5.60 Å². The fourth-order valence-corrected chi connectivity index (χ4v) is 7.01. The number of rotatable bonds is 11. The summed E-state index contributed by atoms with van der Waals surface area (Å²) in [6.45, 7) is 10.4. The summed E-state index contributed by atoms with van der Waals surface area (Å²) in [4.78, 5) is 60.1. The lowest BCUT2D eigenvalue weighted by Gasteiger charge is -2.26. The number of aromatic nitrogens is 1. The molecule has 6 rings (SSSR count). The number of nitrogens with zero attached hydrogens (tertiary/aromatic N) is 3. The SMILES string of the molecule is CC(C)(C)OC(=O)NC1CCN(C(=O)c2cccc(-c3ccc(NC(=O)NCCc4cccnc4)cc3C#Cc3ccc(C(=O)NCCN4CCCCC4)cc3)c2)C1. The minimum Gasteiger partial charge on any atom is -0.444 e. The Labute approximate surface area is 341 Å². The molecule has 3 aromatic carbocycles. The molecule has 4 N–H and O–H groups in total. The predicted octanol–water partition coefficient (Wildman–Crippen LogP) is 6.47. The fraction of sp³-hybridized carbons (Fsp3) is 0.370.